The number of nitrogens with two attached hydrogens (primary N) is 1. The minimum atomic E-state index is -2.62. The van der Waals surface area contributed by atoms with E-state index in [2.05, 4.69) is 27.7 Å². The zero-order valence-corrected chi connectivity index (χ0v) is 20.4. The van der Waals surface area contributed by atoms with Crippen molar-refractivity contribution in [3.63, 3.8) is 0 Å². The molecule has 3 heterocycles. The Morgan fingerprint density at radius 2 is 1.73 bits per heavy atom. The van der Waals surface area contributed by atoms with Gasteiger partial charge >= 0.3 is 0 Å². The molecular formula is C24H33F2N5OS. The second kappa shape index (κ2) is 9.00. The van der Waals surface area contributed by atoms with Crippen molar-refractivity contribution in [3.8, 4) is 0 Å². The summed E-state index contributed by atoms with van der Waals surface area (Å²) in [6, 6.07) is 9.03. The van der Waals surface area contributed by atoms with E-state index in [0.29, 0.717) is 22.9 Å². The SMILES string of the molecule is Cc1cc(NC(=O)c2ccc(N)cc2N2CCS(C)(C)CC2)nc(N2CCC(F)(F)CC2)c1. The zero-order valence-electron chi connectivity index (χ0n) is 19.5. The van der Waals surface area contributed by atoms with Crippen molar-refractivity contribution in [2.75, 3.05) is 71.0 Å². The highest BCUT2D eigenvalue weighted by Crippen LogP contribution is 2.43. The van der Waals surface area contributed by atoms with Crippen molar-refractivity contribution in [3.05, 3.63) is 41.5 Å². The number of nitrogens with one attached hydrogen (secondary N) is 1. The molecule has 9 heteroatoms. The Hall–Kier alpha value is -2.55. The number of halogens is 2. The first-order chi connectivity index (χ1) is 15.5. The second-order valence-electron chi connectivity index (χ2n) is 9.62. The highest BCUT2D eigenvalue weighted by Gasteiger charge is 2.34. The van der Waals surface area contributed by atoms with Crippen LogP contribution in [0.15, 0.2) is 30.3 Å². The third-order valence-corrected chi connectivity index (χ3v) is 9.03. The molecule has 1 aromatic carbocycles. The molecule has 0 unspecified atom stereocenters. The molecule has 0 spiro atoms. The van der Waals surface area contributed by atoms with Gasteiger partial charge in [-0.3, -0.25) is 4.79 Å². The van der Waals surface area contributed by atoms with Gasteiger partial charge in [0.1, 0.15) is 11.6 Å². The molecule has 2 aliphatic heterocycles. The van der Waals surface area contributed by atoms with Crippen LogP contribution in [-0.4, -0.2) is 67.0 Å². The van der Waals surface area contributed by atoms with Crippen LogP contribution in [0.3, 0.4) is 0 Å². The van der Waals surface area contributed by atoms with E-state index in [-0.39, 0.29) is 31.8 Å². The van der Waals surface area contributed by atoms with E-state index in [1.54, 1.807) is 18.2 Å². The number of rotatable bonds is 4. The predicted octanol–water partition coefficient (Wildman–Crippen LogP) is 4.34. The van der Waals surface area contributed by atoms with Crippen molar-refractivity contribution in [1.82, 2.24) is 4.98 Å². The highest BCUT2D eigenvalue weighted by atomic mass is 32.3. The number of benzene rings is 1. The van der Waals surface area contributed by atoms with Crippen molar-refractivity contribution >= 4 is 38.9 Å². The first-order valence-corrected chi connectivity index (χ1v) is 14.1. The van der Waals surface area contributed by atoms with Gasteiger partial charge in [0.05, 0.1) is 11.3 Å². The van der Waals surface area contributed by atoms with Gasteiger partial charge in [-0.2, -0.15) is 0 Å². The molecule has 2 fully saturated rings. The third-order valence-electron chi connectivity index (χ3n) is 6.45. The fourth-order valence-corrected chi connectivity index (χ4v) is 5.93. The Morgan fingerprint density at radius 3 is 2.39 bits per heavy atom. The molecule has 6 nitrogen and oxygen atoms in total. The third kappa shape index (κ3) is 5.69. The Labute approximate surface area is 195 Å². The normalized spacial score (nSPS) is 20.9. The lowest BCUT2D eigenvalue weighted by molar-refractivity contribution is -0.0221. The van der Waals surface area contributed by atoms with Gasteiger partial charge in [-0.25, -0.2) is 23.8 Å². The first-order valence-electron chi connectivity index (χ1n) is 11.3. The molecule has 180 valence electrons. The number of aromatic nitrogens is 1. The smallest absolute Gasteiger partial charge is 0.258 e. The van der Waals surface area contributed by atoms with E-state index in [9.17, 15) is 13.6 Å². The molecule has 1 amide bonds. The van der Waals surface area contributed by atoms with E-state index < -0.39 is 16.0 Å². The summed E-state index contributed by atoms with van der Waals surface area (Å²) in [6.07, 6.45) is 4.32. The van der Waals surface area contributed by atoms with E-state index in [4.69, 9.17) is 5.73 Å². The van der Waals surface area contributed by atoms with Gasteiger partial charge in [-0.1, -0.05) is 0 Å². The van der Waals surface area contributed by atoms with Crippen LogP contribution >= 0.6 is 10.0 Å². The van der Waals surface area contributed by atoms with Crippen LogP contribution in [-0.2, 0) is 0 Å². The molecule has 0 bridgehead atoms. The van der Waals surface area contributed by atoms with Gasteiger partial charge in [0, 0.05) is 44.7 Å². The molecular weight excluding hydrogens is 444 g/mol. The van der Waals surface area contributed by atoms with E-state index in [1.807, 2.05) is 24.0 Å². The summed E-state index contributed by atoms with van der Waals surface area (Å²) in [4.78, 5) is 21.9. The molecule has 33 heavy (non-hydrogen) atoms. The van der Waals surface area contributed by atoms with Crippen LogP contribution < -0.4 is 20.9 Å². The molecule has 0 aliphatic carbocycles. The number of alkyl halides is 2. The van der Waals surface area contributed by atoms with Crippen LogP contribution in [0.1, 0.15) is 28.8 Å². The summed E-state index contributed by atoms with van der Waals surface area (Å²) in [5.74, 6) is 0.408. The lowest BCUT2D eigenvalue weighted by Gasteiger charge is -2.42. The molecule has 0 saturated carbocycles. The Bertz CT molecular complexity index is 1030. The van der Waals surface area contributed by atoms with Gasteiger partial charge < -0.3 is 20.9 Å². The zero-order chi connectivity index (χ0) is 23.8. The summed E-state index contributed by atoms with van der Waals surface area (Å²) in [7, 11) is -0.578. The van der Waals surface area contributed by atoms with Crippen molar-refractivity contribution in [1.29, 1.82) is 0 Å². The molecule has 3 N–H and O–H groups in total. The second-order valence-corrected chi connectivity index (χ2v) is 14.0. The van der Waals surface area contributed by atoms with Crippen molar-refractivity contribution in [2.45, 2.75) is 25.7 Å². The minimum absolute atomic E-state index is 0.187. The van der Waals surface area contributed by atoms with E-state index in [1.165, 1.54) is 0 Å². The highest BCUT2D eigenvalue weighted by molar-refractivity contribution is 8.32. The lowest BCUT2D eigenvalue weighted by Crippen LogP contribution is -2.40. The number of pyridine rings is 1. The molecule has 2 saturated heterocycles. The maximum Gasteiger partial charge on any atom is 0.258 e. The maximum absolute atomic E-state index is 13.6. The predicted molar refractivity (Wildman–Crippen MR) is 136 cm³/mol. The number of anilines is 4. The van der Waals surface area contributed by atoms with Crippen molar-refractivity contribution < 1.29 is 13.6 Å². The number of piperidine rings is 1. The number of hydrogen-bond acceptors (Lipinski definition) is 5. The van der Waals surface area contributed by atoms with Gasteiger partial charge in [-0.05, 0) is 66.8 Å². The summed E-state index contributed by atoms with van der Waals surface area (Å²) < 4.78 is 27.1. The fraction of sp³-hybridized carbons (Fsp3) is 0.500. The van der Waals surface area contributed by atoms with Crippen LogP contribution in [0.25, 0.3) is 0 Å². The molecule has 4 rings (SSSR count). The number of carbonyl (C=O) groups is 1. The van der Waals surface area contributed by atoms with E-state index >= 15 is 0 Å². The first kappa shape index (κ1) is 23.6. The average molecular weight is 478 g/mol. The van der Waals surface area contributed by atoms with Gasteiger partial charge in [0.25, 0.3) is 11.8 Å². The summed E-state index contributed by atoms with van der Waals surface area (Å²) in [5, 5.41) is 2.92. The molecule has 2 aliphatic rings. The number of nitrogen functional groups attached to an aromatic ring is 1. The van der Waals surface area contributed by atoms with Gasteiger partial charge in [0.2, 0.25) is 0 Å². The van der Waals surface area contributed by atoms with Crippen LogP contribution in [0, 0.1) is 6.92 Å². The number of carbonyl (C=O) groups excluding carboxylic acids is 1. The van der Waals surface area contributed by atoms with E-state index in [0.717, 1.165) is 35.8 Å². The summed E-state index contributed by atoms with van der Waals surface area (Å²) in [6.45, 7) is 4.20. The fourth-order valence-electron chi connectivity index (χ4n) is 4.29. The molecule has 1 aromatic heterocycles. The number of nitrogens with zero attached hydrogens (tertiary/aromatic N) is 3. The Balaban J connectivity index is 1.54. The van der Waals surface area contributed by atoms with Gasteiger partial charge in [-0.15, -0.1) is 0 Å². The number of aryl methyl sites for hydroxylation is 1. The quantitative estimate of drug-likeness (QED) is 0.641. The monoisotopic (exact) mass is 477 g/mol. The van der Waals surface area contributed by atoms with Gasteiger partial charge in [0.15, 0.2) is 0 Å². The minimum Gasteiger partial charge on any atom is -0.399 e. The maximum atomic E-state index is 13.6. The van der Waals surface area contributed by atoms with Crippen LogP contribution in [0.2, 0.25) is 0 Å². The van der Waals surface area contributed by atoms with Crippen LogP contribution in [0.4, 0.5) is 31.8 Å². The molecule has 0 radical (unpaired) electrons. The van der Waals surface area contributed by atoms with Crippen LogP contribution in [0.5, 0.6) is 0 Å². The number of amides is 1. The largest absolute Gasteiger partial charge is 0.399 e. The molecule has 0 atom stereocenters. The average Bonchev–Trinajstić information content (AvgIpc) is 2.73. The summed E-state index contributed by atoms with van der Waals surface area (Å²) >= 11 is 0. The molecule has 2 aromatic rings. The summed E-state index contributed by atoms with van der Waals surface area (Å²) in [5.41, 5.74) is 8.99. The number of hydrogen-bond donors (Lipinski definition) is 2. The Morgan fingerprint density at radius 1 is 1.06 bits per heavy atom. The lowest BCUT2D eigenvalue weighted by atomic mass is 10.1. The van der Waals surface area contributed by atoms with Crippen molar-refractivity contribution in [2.24, 2.45) is 0 Å². The Kier molecular flexibility index (Phi) is 6.44. The topological polar surface area (TPSA) is 74.5 Å². The standard InChI is InChI=1S/C24H33F2N5OS/c1-17-14-21(28-22(15-17)31-8-6-24(25,26)7-9-31)29-23(32)19-5-4-18(27)16-20(19)30-10-12-33(2,3)13-11-30/h4-5,14-16H,6-13,27H2,1-3H3,(H,28,29,32).